The van der Waals surface area contributed by atoms with Crippen LogP contribution in [0, 0.1) is 6.92 Å². The minimum absolute atomic E-state index is 0.0244. The molecule has 2 heterocycles. The Balaban J connectivity index is 1.75. The number of thioether (sulfide) groups is 1. The van der Waals surface area contributed by atoms with Crippen LogP contribution in [-0.2, 0) is 20.9 Å². The molecule has 1 N–H and O–H groups in total. The second-order valence-electron chi connectivity index (χ2n) is 7.21. The van der Waals surface area contributed by atoms with E-state index in [1.165, 1.54) is 4.90 Å². The molecule has 9 heteroatoms. The molecule has 6 nitrogen and oxygen atoms in total. The van der Waals surface area contributed by atoms with Gasteiger partial charge in [0.05, 0.1) is 29.1 Å². The van der Waals surface area contributed by atoms with Crippen molar-refractivity contribution >= 4 is 73.3 Å². The van der Waals surface area contributed by atoms with Crippen LogP contribution < -0.4 is 4.90 Å². The van der Waals surface area contributed by atoms with Gasteiger partial charge in [0.15, 0.2) is 0 Å². The third kappa shape index (κ3) is 4.17. The number of carbonyl (C=O) groups is 3. The fraction of sp³-hybridized carbons (Fsp3) is 0.182. The Morgan fingerprint density at radius 1 is 1.10 bits per heavy atom. The number of hydrogen-bond acceptors (Lipinski definition) is 5. The highest BCUT2D eigenvalue weighted by Gasteiger charge is 2.42. The second kappa shape index (κ2) is 8.57. The van der Waals surface area contributed by atoms with E-state index in [4.69, 9.17) is 17.3 Å². The average molecular weight is 517 g/mol. The molecule has 1 fully saturated rings. The number of aryl methyl sites for hydroxylation is 1. The van der Waals surface area contributed by atoms with Gasteiger partial charge in [0, 0.05) is 16.6 Å². The van der Waals surface area contributed by atoms with Gasteiger partial charge in [-0.1, -0.05) is 69.7 Å². The van der Waals surface area contributed by atoms with Gasteiger partial charge in [-0.3, -0.25) is 19.3 Å². The zero-order chi connectivity index (χ0) is 22.3. The molecule has 2 aromatic rings. The smallest absolute Gasteiger partial charge is 0.305 e. The van der Waals surface area contributed by atoms with Gasteiger partial charge in [-0.2, -0.15) is 0 Å². The van der Waals surface area contributed by atoms with Crippen molar-refractivity contribution in [2.24, 2.45) is 0 Å². The number of thiocarbonyl (C=S) groups is 1. The van der Waals surface area contributed by atoms with Crippen molar-refractivity contribution in [2.75, 3.05) is 11.4 Å². The highest BCUT2D eigenvalue weighted by Crippen LogP contribution is 2.45. The topological polar surface area (TPSA) is 77.9 Å². The van der Waals surface area contributed by atoms with Crippen molar-refractivity contribution < 1.29 is 19.5 Å². The zero-order valence-electron chi connectivity index (χ0n) is 16.4. The second-order valence-corrected chi connectivity index (χ2v) is 9.77. The molecule has 2 aliphatic heterocycles. The number of hydrogen-bond donors (Lipinski definition) is 1. The van der Waals surface area contributed by atoms with Gasteiger partial charge in [0.25, 0.3) is 11.8 Å². The molecule has 2 amide bonds. The number of amides is 2. The first-order chi connectivity index (χ1) is 14.8. The fourth-order valence-corrected chi connectivity index (χ4v) is 5.25. The zero-order valence-corrected chi connectivity index (χ0v) is 19.6. The number of rotatable bonds is 5. The van der Waals surface area contributed by atoms with Crippen LogP contribution in [0.1, 0.15) is 23.1 Å². The van der Waals surface area contributed by atoms with E-state index in [9.17, 15) is 14.4 Å². The summed E-state index contributed by atoms with van der Waals surface area (Å²) >= 11 is 9.79. The number of fused-ring (bicyclic) bond motifs is 1. The lowest BCUT2D eigenvalue weighted by Crippen LogP contribution is -2.31. The van der Waals surface area contributed by atoms with Crippen LogP contribution in [0.3, 0.4) is 0 Å². The van der Waals surface area contributed by atoms with Gasteiger partial charge in [-0.25, -0.2) is 0 Å². The first-order valence-corrected chi connectivity index (χ1v) is 11.4. The van der Waals surface area contributed by atoms with Crippen molar-refractivity contribution in [3.05, 3.63) is 68.5 Å². The lowest BCUT2D eigenvalue weighted by Gasteiger charge is -2.17. The summed E-state index contributed by atoms with van der Waals surface area (Å²) in [4.78, 5) is 40.6. The number of benzene rings is 2. The summed E-state index contributed by atoms with van der Waals surface area (Å²) in [5, 5.41) is 8.95. The lowest BCUT2D eigenvalue weighted by atomic mass is 10.1. The number of halogens is 1. The van der Waals surface area contributed by atoms with Crippen LogP contribution in [0.5, 0.6) is 0 Å². The molecule has 0 aliphatic carbocycles. The highest BCUT2D eigenvalue weighted by molar-refractivity contribution is 9.10. The number of nitrogens with zero attached hydrogens (tertiary/aromatic N) is 2. The van der Waals surface area contributed by atoms with Crippen LogP contribution in [0.2, 0.25) is 0 Å². The van der Waals surface area contributed by atoms with Crippen LogP contribution >= 0.6 is 39.9 Å². The lowest BCUT2D eigenvalue weighted by molar-refractivity contribution is -0.137. The van der Waals surface area contributed by atoms with Crippen molar-refractivity contribution in [3.63, 3.8) is 0 Å². The summed E-state index contributed by atoms with van der Waals surface area (Å²) in [6.45, 7) is 2.35. The molecule has 2 aliphatic rings. The van der Waals surface area contributed by atoms with Gasteiger partial charge in [-0.15, -0.1) is 0 Å². The number of carboxylic acids is 1. The molecule has 0 bridgehead atoms. The molecule has 0 atom stereocenters. The fourth-order valence-electron chi connectivity index (χ4n) is 3.51. The number of anilines is 1. The van der Waals surface area contributed by atoms with E-state index in [1.807, 2.05) is 49.4 Å². The van der Waals surface area contributed by atoms with Gasteiger partial charge in [0.2, 0.25) is 0 Å². The van der Waals surface area contributed by atoms with E-state index >= 15 is 0 Å². The summed E-state index contributed by atoms with van der Waals surface area (Å²) in [5.41, 5.74) is 3.79. The van der Waals surface area contributed by atoms with Crippen molar-refractivity contribution in [1.82, 2.24) is 4.90 Å². The van der Waals surface area contributed by atoms with Gasteiger partial charge in [-0.05, 0) is 30.7 Å². The number of aliphatic carboxylic acids is 1. The van der Waals surface area contributed by atoms with E-state index in [0.29, 0.717) is 17.7 Å². The third-order valence-electron chi connectivity index (χ3n) is 5.06. The van der Waals surface area contributed by atoms with Crippen LogP contribution in [0.15, 0.2) is 51.8 Å². The Labute approximate surface area is 197 Å². The molecule has 31 heavy (non-hydrogen) atoms. The Kier molecular flexibility index (Phi) is 6.00. The maximum Gasteiger partial charge on any atom is 0.305 e. The summed E-state index contributed by atoms with van der Waals surface area (Å²) in [6.07, 6.45) is -0.218. The molecule has 4 rings (SSSR count). The van der Waals surface area contributed by atoms with Gasteiger partial charge < -0.3 is 10.0 Å². The number of carboxylic acid groups (broad SMARTS) is 1. The van der Waals surface area contributed by atoms with Gasteiger partial charge >= 0.3 is 5.97 Å². The molecular weight excluding hydrogens is 500 g/mol. The summed E-state index contributed by atoms with van der Waals surface area (Å²) in [5.74, 6) is -1.72. The van der Waals surface area contributed by atoms with Crippen LogP contribution in [-0.4, -0.2) is 38.7 Å². The summed E-state index contributed by atoms with van der Waals surface area (Å²) in [7, 11) is 0. The Hall–Kier alpha value is -2.49. The molecule has 158 valence electrons. The largest absolute Gasteiger partial charge is 0.481 e. The average Bonchev–Trinajstić information content (AvgIpc) is 3.14. The quantitative estimate of drug-likeness (QED) is 0.470. The molecule has 0 aromatic heterocycles. The Morgan fingerprint density at radius 3 is 2.48 bits per heavy atom. The summed E-state index contributed by atoms with van der Waals surface area (Å²) in [6, 6.07) is 13.5. The molecule has 2 aromatic carbocycles. The Morgan fingerprint density at radius 2 is 1.81 bits per heavy atom. The molecule has 0 spiro atoms. The first kappa shape index (κ1) is 21.7. The van der Waals surface area contributed by atoms with Crippen LogP contribution in [0.25, 0.3) is 5.57 Å². The highest BCUT2D eigenvalue weighted by atomic mass is 79.9. The van der Waals surface area contributed by atoms with E-state index in [-0.39, 0.29) is 28.1 Å². The van der Waals surface area contributed by atoms with Crippen LogP contribution in [0.4, 0.5) is 5.69 Å². The molecule has 0 saturated carbocycles. The third-order valence-corrected chi connectivity index (χ3v) is 7.01. The number of carbonyl (C=O) groups excluding carboxylic acids is 2. The minimum atomic E-state index is -1.02. The Bertz CT molecular complexity index is 1160. The van der Waals surface area contributed by atoms with E-state index < -0.39 is 11.9 Å². The molecular formula is C22H17BrN2O4S2. The minimum Gasteiger partial charge on any atom is -0.481 e. The van der Waals surface area contributed by atoms with Crippen molar-refractivity contribution in [1.29, 1.82) is 0 Å². The van der Waals surface area contributed by atoms with Crippen molar-refractivity contribution in [2.45, 2.75) is 19.9 Å². The molecule has 0 radical (unpaired) electrons. The van der Waals surface area contributed by atoms with Crippen molar-refractivity contribution in [3.8, 4) is 0 Å². The van der Waals surface area contributed by atoms with E-state index in [2.05, 4.69) is 15.9 Å². The summed E-state index contributed by atoms with van der Waals surface area (Å²) < 4.78 is 1.05. The predicted octanol–water partition coefficient (Wildman–Crippen LogP) is 4.35. The standard InChI is InChI=1S/C22H17BrN2O4S2/c1-12-2-4-13(5-3-12)11-25-16-7-6-14(23)10-15(16)18(20(25)28)19-21(29)24(22(30)31-19)9-8-17(26)27/h2-7,10H,8-9,11H2,1H3,(H,26,27)/b19-18+. The van der Waals surface area contributed by atoms with E-state index in [0.717, 1.165) is 33.0 Å². The maximum absolute atomic E-state index is 13.5. The van der Waals surface area contributed by atoms with E-state index in [1.54, 1.807) is 4.90 Å². The molecule has 0 unspecified atom stereocenters. The first-order valence-electron chi connectivity index (χ1n) is 9.43. The van der Waals surface area contributed by atoms with Gasteiger partial charge in [0.1, 0.15) is 4.32 Å². The predicted molar refractivity (Wildman–Crippen MR) is 128 cm³/mol. The SMILES string of the molecule is Cc1ccc(CN2C(=O)/C(=C3/SC(=S)N(CCC(=O)O)C3=O)c3cc(Br)ccc32)cc1. The normalized spacial score (nSPS) is 18.2. The molecule has 1 saturated heterocycles. The maximum atomic E-state index is 13.5. The monoisotopic (exact) mass is 516 g/mol.